The van der Waals surface area contributed by atoms with Crippen LogP contribution in [0, 0.1) is 0 Å². The number of carboxylic acids is 1. The Bertz CT molecular complexity index is 782. The quantitative estimate of drug-likeness (QED) is 0.149. The third-order valence-electron chi connectivity index (χ3n) is 4.13. The van der Waals surface area contributed by atoms with E-state index >= 15 is 0 Å². The fourth-order valence-corrected chi connectivity index (χ4v) is 2.41. The lowest BCUT2D eigenvalue weighted by Crippen LogP contribution is -2.58. The SMILES string of the molecule is CC(N)C(=O)NC(CCC(N)=O)C(=O)NC(Cc1cnc[nH]1)C(=O)NC(CO)C(=O)O. The van der Waals surface area contributed by atoms with Gasteiger partial charge in [0, 0.05) is 24.7 Å². The molecule has 0 radical (unpaired) electrons. The van der Waals surface area contributed by atoms with Gasteiger partial charge < -0.3 is 42.6 Å². The number of H-pyrrole nitrogens is 1. The summed E-state index contributed by atoms with van der Waals surface area (Å²) in [7, 11) is 0. The molecule has 1 heterocycles. The Labute approximate surface area is 177 Å². The molecule has 14 nitrogen and oxygen atoms in total. The summed E-state index contributed by atoms with van der Waals surface area (Å²) in [6.45, 7) is 0.533. The number of aromatic amines is 1. The Hall–Kier alpha value is -3.52. The first-order chi connectivity index (χ1) is 14.5. The Morgan fingerprint density at radius 3 is 2.13 bits per heavy atom. The van der Waals surface area contributed by atoms with Crippen LogP contribution < -0.4 is 27.4 Å². The van der Waals surface area contributed by atoms with Crippen molar-refractivity contribution < 1.29 is 34.2 Å². The maximum absolute atomic E-state index is 12.8. The molecule has 0 aliphatic heterocycles. The fourth-order valence-electron chi connectivity index (χ4n) is 2.41. The van der Waals surface area contributed by atoms with E-state index in [9.17, 15) is 24.0 Å². The predicted octanol–water partition coefficient (Wildman–Crippen LogP) is -3.90. The molecule has 1 aromatic rings. The molecule has 0 saturated heterocycles. The van der Waals surface area contributed by atoms with Crippen LogP contribution in [0.3, 0.4) is 0 Å². The summed E-state index contributed by atoms with van der Waals surface area (Å²) < 4.78 is 0. The van der Waals surface area contributed by atoms with Gasteiger partial charge in [0.15, 0.2) is 0 Å². The summed E-state index contributed by atoms with van der Waals surface area (Å²) in [6, 6.07) is -5.04. The van der Waals surface area contributed by atoms with Gasteiger partial charge in [0.2, 0.25) is 23.6 Å². The van der Waals surface area contributed by atoms with Crippen LogP contribution in [0.25, 0.3) is 0 Å². The van der Waals surface area contributed by atoms with Crippen LogP contribution in [0.1, 0.15) is 25.5 Å². The highest BCUT2D eigenvalue weighted by molar-refractivity contribution is 5.94. The van der Waals surface area contributed by atoms with Crippen LogP contribution >= 0.6 is 0 Å². The van der Waals surface area contributed by atoms with Crippen molar-refractivity contribution in [1.29, 1.82) is 0 Å². The van der Waals surface area contributed by atoms with Gasteiger partial charge in [-0.05, 0) is 13.3 Å². The van der Waals surface area contributed by atoms with E-state index in [0.29, 0.717) is 5.69 Å². The van der Waals surface area contributed by atoms with Crippen molar-refractivity contribution in [2.45, 2.75) is 50.4 Å². The number of nitrogens with one attached hydrogen (secondary N) is 4. The topological polar surface area (TPSA) is 243 Å². The highest BCUT2D eigenvalue weighted by atomic mass is 16.4. The van der Waals surface area contributed by atoms with Crippen LogP contribution in [0.4, 0.5) is 0 Å². The Kier molecular flexibility index (Phi) is 10.1. The van der Waals surface area contributed by atoms with Crippen LogP contribution in [-0.2, 0) is 30.4 Å². The molecular weight excluding hydrogens is 414 g/mol. The number of carboxylic acid groups (broad SMARTS) is 1. The van der Waals surface area contributed by atoms with Crippen LogP contribution in [0.2, 0.25) is 0 Å². The van der Waals surface area contributed by atoms with Crippen molar-refractivity contribution in [1.82, 2.24) is 25.9 Å². The van der Waals surface area contributed by atoms with Gasteiger partial charge in [-0.3, -0.25) is 19.2 Å². The molecule has 4 atom stereocenters. The summed E-state index contributed by atoms with van der Waals surface area (Å²) in [5.74, 6) is -4.54. The van der Waals surface area contributed by atoms with E-state index in [1.165, 1.54) is 19.4 Å². The predicted molar refractivity (Wildman–Crippen MR) is 105 cm³/mol. The number of hydrogen-bond acceptors (Lipinski definition) is 8. The van der Waals surface area contributed by atoms with Gasteiger partial charge in [-0.1, -0.05) is 0 Å². The maximum Gasteiger partial charge on any atom is 0.328 e. The molecule has 31 heavy (non-hydrogen) atoms. The molecule has 0 aromatic carbocycles. The first-order valence-electron chi connectivity index (χ1n) is 9.31. The Morgan fingerprint density at radius 1 is 1.06 bits per heavy atom. The molecule has 0 fully saturated rings. The number of aromatic nitrogens is 2. The number of carbonyl (C=O) groups excluding carboxylic acids is 4. The zero-order chi connectivity index (χ0) is 23.6. The first-order valence-corrected chi connectivity index (χ1v) is 9.31. The number of aliphatic hydroxyl groups excluding tert-OH is 1. The number of rotatable bonds is 13. The largest absolute Gasteiger partial charge is 0.480 e. The highest BCUT2D eigenvalue weighted by Crippen LogP contribution is 2.04. The minimum atomic E-state index is -1.59. The summed E-state index contributed by atoms with van der Waals surface area (Å²) in [5.41, 5.74) is 11.0. The van der Waals surface area contributed by atoms with Crippen LogP contribution in [-0.4, -0.2) is 80.6 Å². The second kappa shape index (κ2) is 12.2. The third kappa shape index (κ3) is 8.79. The molecule has 0 aliphatic carbocycles. The molecule has 14 heteroatoms. The lowest BCUT2D eigenvalue weighted by Gasteiger charge is -2.24. The molecule has 0 saturated carbocycles. The van der Waals surface area contributed by atoms with E-state index in [4.69, 9.17) is 21.7 Å². The smallest absolute Gasteiger partial charge is 0.328 e. The number of nitrogens with two attached hydrogens (primary N) is 2. The van der Waals surface area contributed by atoms with Crippen LogP contribution in [0.5, 0.6) is 0 Å². The average molecular weight is 441 g/mol. The van der Waals surface area contributed by atoms with E-state index < -0.39 is 60.4 Å². The molecule has 4 amide bonds. The number of primary amides is 1. The number of hydrogen-bond donors (Lipinski definition) is 8. The monoisotopic (exact) mass is 441 g/mol. The number of aliphatic carboxylic acids is 1. The molecule has 1 rings (SSSR count). The van der Waals surface area contributed by atoms with Gasteiger partial charge in [0.1, 0.15) is 18.1 Å². The van der Waals surface area contributed by atoms with Crippen molar-refractivity contribution in [3.8, 4) is 0 Å². The maximum atomic E-state index is 12.8. The van der Waals surface area contributed by atoms with Crippen molar-refractivity contribution in [3.63, 3.8) is 0 Å². The molecule has 0 spiro atoms. The normalized spacial score (nSPS) is 14.5. The third-order valence-corrected chi connectivity index (χ3v) is 4.13. The molecule has 0 aliphatic rings. The molecule has 4 unspecified atom stereocenters. The van der Waals surface area contributed by atoms with Crippen molar-refractivity contribution in [2.75, 3.05) is 6.61 Å². The highest BCUT2D eigenvalue weighted by Gasteiger charge is 2.30. The van der Waals surface area contributed by atoms with Gasteiger partial charge in [0.05, 0.1) is 19.0 Å². The molecule has 172 valence electrons. The average Bonchev–Trinajstić information content (AvgIpc) is 3.20. The molecule has 10 N–H and O–H groups in total. The van der Waals surface area contributed by atoms with Gasteiger partial charge in [-0.2, -0.15) is 0 Å². The first kappa shape index (κ1) is 25.5. The van der Waals surface area contributed by atoms with Gasteiger partial charge >= 0.3 is 5.97 Å². The van der Waals surface area contributed by atoms with E-state index in [0.717, 1.165) is 0 Å². The van der Waals surface area contributed by atoms with Crippen molar-refractivity contribution in [3.05, 3.63) is 18.2 Å². The second-order valence-electron chi connectivity index (χ2n) is 6.78. The summed E-state index contributed by atoms with van der Waals surface area (Å²) in [4.78, 5) is 66.0. The zero-order valence-electron chi connectivity index (χ0n) is 16.8. The fraction of sp³-hybridized carbons (Fsp3) is 0.529. The van der Waals surface area contributed by atoms with E-state index in [2.05, 4.69) is 25.9 Å². The van der Waals surface area contributed by atoms with Gasteiger partial charge in [-0.15, -0.1) is 0 Å². The zero-order valence-corrected chi connectivity index (χ0v) is 16.8. The summed E-state index contributed by atoms with van der Waals surface area (Å²) in [5, 5.41) is 25.0. The lowest BCUT2D eigenvalue weighted by atomic mass is 10.1. The van der Waals surface area contributed by atoms with E-state index in [1.54, 1.807) is 0 Å². The van der Waals surface area contributed by atoms with Gasteiger partial charge in [0.25, 0.3) is 0 Å². The number of aliphatic hydroxyl groups is 1. The number of amides is 4. The Balaban J connectivity index is 3.01. The number of nitrogens with zero attached hydrogens (tertiary/aromatic N) is 1. The molecule has 1 aromatic heterocycles. The van der Waals surface area contributed by atoms with Crippen molar-refractivity contribution >= 4 is 29.6 Å². The van der Waals surface area contributed by atoms with E-state index in [-0.39, 0.29) is 19.3 Å². The summed E-state index contributed by atoms with van der Waals surface area (Å²) in [6.07, 6.45) is 2.28. The number of imidazole rings is 1. The minimum absolute atomic E-state index is 0.0981. The Morgan fingerprint density at radius 2 is 1.65 bits per heavy atom. The molecular formula is C17H27N7O7. The second-order valence-corrected chi connectivity index (χ2v) is 6.78. The molecule has 0 bridgehead atoms. The lowest BCUT2D eigenvalue weighted by molar-refractivity contribution is -0.143. The van der Waals surface area contributed by atoms with Gasteiger partial charge in [-0.25, -0.2) is 9.78 Å². The van der Waals surface area contributed by atoms with Crippen molar-refractivity contribution in [2.24, 2.45) is 11.5 Å². The van der Waals surface area contributed by atoms with E-state index in [1.807, 2.05) is 0 Å². The standard InChI is InChI=1S/C17H27N7O7/c1-8(18)14(27)22-10(2-3-13(19)26)15(28)23-11(4-9-5-20-7-21-9)16(29)24-12(6-25)17(30)31/h5,7-8,10-12,25H,2-4,6,18H2,1H3,(H2,19,26)(H,20,21)(H,22,27)(H,23,28)(H,24,29)(H,30,31). The van der Waals surface area contributed by atoms with Crippen LogP contribution in [0.15, 0.2) is 12.5 Å². The summed E-state index contributed by atoms with van der Waals surface area (Å²) >= 11 is 0. The number of carbonyl (C=O) groups is 5. The minimum Gasteiger partial charge on any atom is -0.480 e.